The van der Waals surface area contributed by atoms with Crippen molar-refractivity contribution in [1.82, 2.24) is 9.80 Å². The molecule has 6 nitrogen and oxygen atoms in total. The molecule has 1 rings (SSSR count). The predicted octanol–water partition coefficient (Wildman–Crippen LogP) is 1.49. The molecule has 0 aromatic carbocycles. The summed E-state index contributed by atoms with van der Waals surface area (Å²) in [5.74, 6) is -1.19. The molecule has 1 aliphatic heterocycles. The second-order valence-corrected chi connectivity index (χ2v) is 5.46. The highest BCUT2D eigenvalue weighted by atomic mass is 16.4. The number of amides is 2. The molecular weight excluding hydrogens is 272 g/mol. The van der Waals surface area contributed by atoms with E-state index in [-0.39, 0.29) is 24.7 Å². The number of hydrogen-bond donors (Lipinski definition) is 1. The second-order valence-electron chi connectivity index (χ2n) is 5.46. The van der Waals surface area contributed by atoms with Crippen molar-refractivity contribution in [2.75, 3.05) is 19.6 Å². The molecule has 2 amide bonds. The van der Waals surface area contributed by atoms with Crippen molar-refractivity contribution in [3.05, 3.63) is 0 Å². The number of aliphatic carboxylic acids is 1. The molecule has 0 saturated carbocycles. The van der Waals surface area contributed by atoms with Gasteiger partial charge < -0.3 is 14.9 Å². The molecule has 1 aliphatic rings. The second kappa shape index (κ2) is 8.64. The number of carboxylic acids is 1. The molecule has 1 fully saturated rings. The highest BCUT2D eigenvalue weighted by Crippen LogP contribution is 2.19. The van der Waals surface area contributed by atoms with Crippen LogP contribution in [-0.2, 0) is 14.4 Å². The van der Waals surface area contributed by atoms with Crippen LogP contribution in [0.3, 0.4) is 0 Å². The summed E-state index contributed by atoms with van der Waals surface area (Å²) < 4.78 is 0. The lowest BCUT2D eigenvalue weighted by molar-refractivity contribution is -0.148. The van der Waals surface area contributed by atoms with E-state index in [1.54, 1.807) is 4.90 Å². The van der Waals surface area contributed by atoms with Crippen molar-refractivity contribution in [3.63, 3.8) is 0 Å². The Labute approximate surface area is 126 Å². The number of hydrogen-bond acceptors (Lipinski definition) is 3. The van der Waals surface area contributed by atoms with E-state index in [2.05, 4.69) is 0 Å². The third kappa shape index (κ3) is 5.02. The zero-order valence-corrected chi connectivity index (χ0v) is 13.0. The van der Waals surface area contributed by atoms with Crippen LogP contribution in [0.25, 0.3) is 0 Å². The first-order chi connectivity index (χ1) is 10.0. The van der Waals surface area contributed by atoms with E-state index in [1.807, 2.05) is 13.8 Å². The maximum absolute atomic E-state index is 12.1. The molecule has 0 spiro atoms. The van der Waals surface area contributed by atoms with Crippen molar-refractivity contribution in [2.45, 2.75) is 58.4 Å². The van der Waals surface area contributed by atoms with Gasteiger partial charge in [0, 0.05) is 32.5 Å². The fourth-order valence-electron chi connectivity index (χ4n) is 2.74. The van der Waals surface area contributed by atoms with Crippen LogP contribution in [0.1, 0.15) is 52.4 Å². The minimum Gasteiger partial charge on any atom is -0.480 e. The molecule has 21 heavy (non-hydrogen) atoms. The van der Waals surface area contributed by atoms with Crippen molar-refractivity contribution in [3.8, 4) is 0 Å². The molecule has 0 aromatic heterocycles. The van der Waals surface area contributed by atoms with Gasteiger partial charge in [0.2, 0.25) is 11.8 Å². The van der Waals surface area contributed by atoms with E-state index in [9.17, 15) is 14.4 Å². The summed E-state index contributed by atoms with van der Waals surface area (Å²) in [6.07, 6.45) is 3.29. The van der Waals surface area contributed by atoms with Gasteiger partial charge >= 0.3 is 5.97 Å². The summed E-state index contributed by atoms with van der Waals surface area (Å²) in [4.78, 5) is 38.4. The van der Waals surface area contributed by atoms with Crippen LogP contribution in [0, 0.1) is 0 Å². The van der Waals surface area contributed by atoms with Crippen molar-refractivity contribution < 1.29 is 19.5 Å². The van der Waals surface area contributed by atoms with Crippen LogP contribution >= 0.6 is 0 Å². The highest BCUT2D eigenvalue weighted by Gasteiger charge is 2.33. The zero-order chi connectivity index (χ0) is 15.8. The van der Waals surface area contributed by atoms with E-state index in [4.69, 9.17) is 5.11 Å². The maximum atomic E-state index is 12.1. The van der Waals surface area contributed by atoms with E-state index >= 15 is 0 Å². The quantitative estimate of drug-likeness (QED) is 0.736. The third-order valence-corrected chi connectivity index (χ3v) is 3.75. The van der Waals surface area contributed by atoms with Crippen molar-refractivity contribution >= 4 is 17.8 Å². The first kappa shape index (κ1) is 17.5. The number of nitrogens with zero attached hydrogens (tertiary/aromatic N) is 2. The first-order valence-corrected chi connectivity index (χ1v) is 7.81. The molecule has 0 aliphatic carbocycles. The van der Waals surface area contributed by atoms with Crippen LogP contribution in [0.15, 0.2) is 0 Å². The Morgan fingerprint density at radius 3 is 2.29 bits per heavy atom. The topological polar surface area (TPSA) is 77.9 Å². The molecule has 0 radical (unpaired) electrons. The van der Waals surface area contributed by atoms with E-state index < -0.39 is 12.0 Å². The predicted molar refractivity (Wildman–Crippen MR) is 78.8 cm³/mol. The SMILES string of the molecule is CCCN(CCC)C(=O)CCC(=O)N1CCC[C@H]1C(=O)O. The van der Waals surface area contributed by atoms with Crippen LogP contribution in [0.4, 0.5) is 0 Å². The summed E-state index contributed by atoms with van der Waals surface area (Å²) in [6.45, 7) is 5.94. The Kier molecular flexibility index (Phi) is 7.19. The first-order valence-electron chi connectivity index (χ1n) is 7.81. The van der Waals surface area contributed by atoms with Gasteiger partial charge in [-0.05, 0) is 25.7 Å². The molecule has 120 valence electrons. The van der Waals surface area contributed by atoms with Crippen LogP contribution in [-0.4, -0.2) is 58.4 Å². The maximum Gasteiger partial charge on any atom is 0.326 e. The smallest absolute Gasteiger partial charge is 0.326 e. The van der Waals surface area contributed by atoms with Gasteiger partial charge in [0.1, 0.15) is 6.04 Å². The summed E-state index contributed by atoms with van der Waals surface area (Å²) in [5, 5.41) is 9.07. The van der Waals surface area contributed by atoms with Crippen LogP contribution in [0.2, 0.25) is 0 Å². The van der Waals surface area contributed by atoms with E-state index in [0.29, 0.717) is 32.5 Å². The highest BCUT2D eigenvalue weighted by molar-refractivity contribution is 5.87. The van der Waals surface area contributed by atoms with Gasteiger partial charge in [-0.15, -0.1) is 0 Å². The Bertz CT molecular complexity index is 378. The average molecular weight is 298 g/mol. The fraction of sp³-hybridized carbons (Fsp3) is 0.800. The Morgan fingerprint density at radius 1 is 1.14 bits per heavy atom. The Morgan fingerprint density at radius 2 is 1.76 bits per heavy atom. The lowest BCUT2D eigenvalue weighted by atomic mass is 10.2. The molecule has 0 unspecified atom stereocenters. The average Bonchev–Trinajstić information content (AvgIpc) is 2.93. The van der Waals surface area contributed by atoms with E-state index in [0.717, 1.165) is 12.8 Å². The molecule has 6 heteroatoms. The molecule has 0 aromatic rings. The molecule has 1 atom stereocenters. The number of likely N-dealkylation sites (tertiary alicyclic amines) is 1. The van der Waals surface area contributed by atoms with E-state index in [1.165, 1.54) is 4.90 Å². The number of rotatable bonds is 8. The normalized spacial score (nSPS) is 17.8. The molecule has 1 heterocycles. The van der Waals surface area contributed by atoms with Gasteiger partial charge in [0.25, 0.3) is 0 Å². The number of carbonyl (C=O) groups is 3. The minimum absolute atomic E-state index is 0.0156. The standard InChI is InChI=1S/C15H26N2O4/c1-3-9-16(10-4-2)13(18)7-8-14(19)17-11-5-6-12(17)15(20)21/h12H,3-11H2,1-2H3,(H,20,21)/t12-/m0/s1. The monoisotopic (exact) mass is 298 g/mol. The Balaban J connectivity index is 2.47. The van der Waals surface area contributed by atoms with Crippen molar-refractivity contribution in [1.29, 1.82) is 0 Å². The van der Waals surface area contributed by atoms with Gasteiger partial charge in [-0.2, -0.15) is 0 Å². The fourth-order valence-corrected chi connectivity index (χ4v) is 2.74. The van der Waals surface area contributed by atoms with Gasteiger partial charge in [-0.1, -0.05) is 13.8 Å². The minimum atomic E-state index is -0.953. The molecule has 1 N–H and O–H groups in total. The van der Waals surface area contributed by atoms with Crippen LogP contribution in [0.5, 0.6) is 0 Å². The summed E-state index contributed by atoms with van der Waals surface area (Å²) in [7, 11) is 0. The molecule has 1 saturated heterocycles. The van der Waals surface area contributed by atoms with Crippen LogP contribution < -0.4 is 0 Å². The molecular formula is C15H26N2O4. The van der Waals surface area contributed by atoms with Crippen molar-refractivity contribution in [2.24, 2.45) is 0 Å². The number of carboxylic acid groups (broad SMARTS) is 1. The lowest BCUT2D eigenvalue weighted by Crippen LogP contribution is -2.41. The summed E-state index contributed by atoms with van der Waals surface area (Å²) in [6, 6.07) is -0.713. The largest absolute Gasteiger partial charge is 0.480 e. The van der Waals surface area contributed by atoms with Gasteiger partial charge in [0.05, 0.1) is 0 Å². The summed E-state index contributed by atoms with van der Waals surface area (Å²) >= 11 is 0. The molecule has 0 bridgehead atoms. The summed E-state index contributed by atoms with van der Waals surface area (Å²) in [5.41, 5.74) is 0. The Hall–Kier alpha value is -1.59. The van der Waals surface area contributed by atoms with Gasteiger partial charge in [-0.3, -0.25) is 9.59 Å². The zero-order valence-electron chi connectivity index (χ0n) is 13.0. The lowest BCUT2D eigenvalue weighted by Gasteiger charge is -2.23. The van der Waals surface area contributed by atoms with Gasteiger partial charge in [0.15, 0.2) is 0 Å². The third-order valence-electron chi connectivity index (χ3n) is 3.75. The van der Waals surface area contributed by atoms with Gasteiger partial charge in [-0.25, -0.2) is 4.79 Å². The number of carbonyl (C=O) groups excluding carboxylic acids is 2.